The molecule has 4 N–H and O–H groups in total. The summed E-state index contributed by atoms with van der Waals surface area (Å²) in [5, 5.41) is 24.0. The van der Waals surface area contributed by atoms with Crippen LogP contribution in [0.2, 0.25) is 0 Å². The van der Waals surface area contributed by atoms with E-state index in [4.69, 9.17) is 16.4 Å². The molecule has 198 valence electrons. The number of hydroxylamine groups is 1. The molecule has 2 amide bonds. The average molecular weight is 535 g/mol. The van der Waals surface area contributed by atoms with Crippen LogP contribution < -0.4 is 20.9 Å². The molecule has 5 aromatic rings. The molecule has 0 saturated heterocycles. The van der Waals surface area contributed by atoms with E-state index in [2.05, 4.69) is 36.7 Å². The molecular formula is C28H22N8O4. The van der Waals surface area contributed by atoms with Crippen molar-refractivity contribution in [2.45, 2.75) is 6.54 Å². The number of carbonyl (C=O) groups is 2. The molecule has 2 heterocycles. The topological polar surface area (TPSA) is 156 Å². The van der Waals surface area contributed by atoms with Crippen LogP contribution in [0.1, 0.15) is 32.0 Å². The fourth-order valence-electron chi connectivity index (χ4n) is 3.91. The van der Waals surface area contributed by atoms with E-state index in [9.17, 15) is 9.59 Å². The lowest BCUT2D eigenvalue weighted by Crippen LogP contribution is -2.23. The van der Waals surface area contributed by atoms with Crippen LogP contribution in [0.4, 0.5) is 11.5 Å². The normalized spacial score (nSPS) is 10.5. The van der Waals surface area contributed by atoms with E-state index in [1.165, 1.54) is 36.6 Å². The van der Waals surface area contributed by atoms with Crippen molar-refractivity contribution in [1.82, 2.24) is 35.8 Å². The van der Waals surface area contributed by atoms with Crippen LogP contribution in [0.5, 0.6) is 5.75 Å². The number of anilines is 2. The summed E-state index contributed by atoms with van der Waals surface area (Å²) in [6.07, 6.45) is 8.32. The Morgan fingerprint density at radius 2 is 1.90 bits per heavy atom. The Balaban J connectivity index is 1.38. The number of carbonyl (C=O) groups excluding carboxylic acids is 2. The van der Waals surface area contributed by atoms with Crippen LogP contribution in [-0.2, 0) is 6.54 Å². The number of ether oxygens (including phenoxy) is 1. The van der Waals surface area contributed by atoms with Crippen LogP contribution in [0.3, 0.4) is 0 Å². The third kappa shape index (κ3) is 5.40. The van der Waals surface area contributed by atoms with E-state index in [1.807, 2.05) is 24.3 Å². The molecule has 0 aliphatic heterocycles. The highest BCUT2D eigenvalue weighted by atomic mass is 16.5. The van der Waals surface area contributed by atoms with Crippen molar-refractivity contribution in [2.24, 2.45) is 0 Å². The van der Waals surface area contributed by atoms with Crippen molar-refractivity contribution in [2.75, 3.05) is 12.4 Å². The monoisotopic (exact) mass is 534 g/mol. The quantitative estimate of drug-likeness (QED) is 0.133. The molecule has 0 radical (unpaired) electrons. The summed E-state index contributed by atoms with van der Waals surface area (Å²) in [7, 11) is 1.52. The van der Waals surface area contributed by atoms with Gasteiger partial charge in [0.2, 0.25) is 0 Å². The molecule has 0 atom stereocenters. The largest absolute Gasteiger partial charge is 0.494 e. The summed E-state index contributed by atoms with van der Waals surface area (Å²) in [5.41, 5.74) is 5.28. The molecule has 0 aliphatic carbocycles. The molecule has 0 fully saturated rings. The van der Waals surface area contributed by atoms with Crippen LogP contribution in [0.15, 0.2) is 73.2 Å². The summed E-state index contributed by atoms with van der Waals surface area (Å²) in [6, 6.07) is 17.3. The smallest absolute Gasteiger partial charge is 0.274 e. The Hall–Kier alpha value is -5.80. The van der Waals surface area contributed by atoms with Gasteiger partial charge in [-0.05, 0) is 42.0 Å². The number of hydrogen-bond donors (Lipinski definition) is 4. The fraction of sp³-hybridized carbons (Fsp3) is 0.0714. The minimum absolute atomic E-state index is 0.0900. The predicted octanol–water partition coefficient (Wildman–Crippen LogP) is 2.99. The summed E-state index contributed by atoms with van der Waals surface area (Å²) in [6.45, 7) is 0.194. The highest BCUT2D eigenvalue weighted by molar-refractivity contribution is 5.94. The van der Waals surface area contributed by atoms with Gasteiger partial charge in [-0.1, -0.05) is 24.1 Å². The van der Waals surface area contributed by atoms with Crippen molar-refractivity contribution in [1.29, 1.82) is 0 Å². The third-order valence-corrected chi connectivity index (χ3v) is 5.94. The van der Waals surface area contributed by atoms with Crippen molar-refractivity contribution >= 4 is 34.2 Å². The zero-order valence-corrected chi connectivity index (χ0v) is 21.1. The highest BCUT2D eigenvalue weighted by Gasteiger charge is 2.17. The van der Waals surface area contributed by atoms with E-state index in [0.717, 1.165) is 16.8 Å². The maximum absolute atomic E-state index is 12.8. The molecule has 0 aliphatic rings. The van der Waals surface area contributed by atoms with E-state index in [-0.39, 0.29) is 17.8 Å². The molecule has 2 aromatic heterocycles. The van der Waals surface area contributed by atoms with E-state index >= 15 is 0 Å². The number of hydrogen-bond acceptors (Lipinski definition) is 9. The van der Waals surface area contributed by atoms with E-state index in [0.29, 0.717) is 28.2 Å². The standard InChI is InChI=1S/C28H22N8O4/c1-3-17-5-4-6-20(11-17)33-26-21-12-24(25(40-2)13-22(21)30-16-31-26)36-32-15-23(34-36)28(38)29-14-18-7-9-19(10-8-18)27(37)35-39/h1,4-13,15-16,39H,14H2,2H3,(H,29,38)(H,35,37)(H,30,31,33). The zero-order chi connectivity index (χ0) is 28.1. The number of fused-ring (bicyclic) bond motifs is 1. The second-order valence-corrected chi connectivity index (χ2v) is 8.45. The van der Waals surface area contributed by atoms with Gasteiger partial charge in [0.05, 0.1) is 18.8 Å². The molecule has 0 bridgehead atoms. The number of methoxy groups -OCH3 is 1. The minimum atomic E-state index is -0.621. The van der Waals surface area contributed by atoms with Gasteiger partial charge in [0, 0.05) is 34.8 Å². The highest BCUT2D eigenvalue weighted by Crippen LogP contribution is 2.31. The Morgan fingerprint density at radius 1 is 1.07 bits per heavy atom. The van der Waals surface area contributed by atoms with Gasteiger partial charge in [0.1, 0.15) is 23.6 Å². The lowest BCUT2D eigenvalue weighted by Gasteiger charge is -2.12. The number of amides is 2. The van der Waals surface area contributed by atoms with Gasteiger partial charge < -0.3 is 15.4 Å². The summed E-state index contributed by atoms with van der Waals surface area (Å²) >= 11 is 0. The van der Waals surface area contributed by atoms with Crippen LogP contribution in [0, 0.1) is 12.3 Å². The van der Waals surface area contributed by atoms with Gasteiger partial charge in [-0.3, -0.25) is 14.8 Å². The molecular weight excluding hydrogens is 512 g/mol. The zero-order valence-electron chi connectivity index (χ0n) is 21.1. The number of aromatic nitrogens is 5. The lowest BCUT2D eigenvalue weighted by atomic mass is 10.1. The number of terminal acetylenes is 1. The van der Waals surface area contributed by atoms with Gasteiger partial charge in [0.15, 0.2) is 5.69 Å². The van der Waals surface area contributed by atoms with Gasteiger partial charge in [-0.2, -0.15) is 5.10 Å². The summed E-state index contributed by atoms with van der Waals surface area (Å²) < 4.78 is 5.56. The van der Waals surface area contributed by atoms with E-state index < -0.39 is 11.8 Å². The first-order valence-corrected chi connectivity index (χ1v) is 11.9. The second-order valence-electron chi connectivity index (χ2n) is 8.45. The maximum atomic E-state index is 12.8. The lowest BCUT2D eigenvalue weighted by molar-refractivity contribution is 0.0706. The summed E-state index contributed by atoms with van der Waals surface area (Å²) in [4.78, 5) is 34.3. The van der Waals surface area contributed by atoms with Gasteiger partial charge >= 0.3 is 0 Å². The van der Waals surface area contributed by atoms with Crippen LogP contribution in [0.25, 0.3) is 16.6 Å². The number of benzene rings is 3. The second kappa shape index (κ2) is 11.3. The molecule has 40 heavy (non-hydrogen) atoms. The van der Waals surface area contributed by atoms with Crippen molar-refractivity contribution in [3.63, 3.8) is 0 Å². The Kier molecular flexibility index (Phi) is 7.30. The average Bonchev–Trinajstić information content (AvgIpc) is 3.50. The molecule has 12 nitrogen and oxygen atoms in total. The Morgan fingerprint density at radius 3 is 2.65 bits per heavy atom. The van der Waals surface area contributed by atoms with E-state index in [1.54, 1.807) is 29.7 Å². The van der Waals surface area contributed by atoms with Crippen molar-refractivity contribution in [3.05, 3.63) is 95.6 Å². The number of rotatable bonds is 8. The summed E-state index contributed by atoms with van der Waals surface area (Å²) in [5.74, 6) is 2.53. The SMILES string of the molecule is C#Cc1cccc(Nc2ncnc3cc(OC)c(-n4ncc(C(=O)NCc5ccc(C(=O)NO)cc5)n4)cc23)c1. The first-order valence-electron chi connectivity index (χ1n) is 11.9. The van der Waals surface area contributed by atoms with Crippen molar-refractivity contribution < 1.29 is 19.5 Å². The van der Waals surface area contributed by atoms with Gasteiger partial charge in [0.25, 0.3) is 11.8 Å². The molecule has 3 aromatic carbocycles. The number of nitrogens with one attached hydrogen (secondary N) is 3. The molecule has 0 saturated carbocycles. The molecule has 0 spiro atoms. The Labute approximate surface area is 228 Å². The first kappa shape index (κ1) is 25.8. The Bertz CT molecular complexity index is 1760. The molecule has 12 heteroatoms. The predicted molar refractivity (Wildman–Crippen MR) is 146 cm³/mol. The minimum Gasteiger partial charge on any atom is -0.494 e. The van der Waals surface area contributed by atoms with Crippen molar-refractivity contribution in [3.8, 4) is 23.8 Å². The molecule has 0 unspecified atom stereocenters. The molecule has 5 rings (SSSR count). The third-order valence-electron chi connectivity index (χ3n) is 5.94. The van der Waals surface area contributed by atoms with Gasteiger partial charge in [-0.25, -0.2) is 15.4 Å². The maximum Gasteiger partial charge on any atom is 0.274 e. The van der Waals surface area contributed by atoms with Crippen LogP contribution >= 0.6 is 0 Å². The first-order chi connectivity index (χ1) is 19.5. The number of nitrogens with zero attached hydrogens (tertiary/aromatic N) is 5. The van der Waals surface area contributed by atoms with Crippen LogP contribution in [-0.4, -0.2) is 49.1 Å². The van der Waals surface area contributed by atoms with Gasteiger partial charge in [-0.15, -0.1) is 16.3 Å². The fourth-order valence-corrected chi connectivity index (χ4v) is 3.91.